The maximum absolute atomic E-state index is 13.1. The Morgan fingerprint density at radius 2 is 2.09 bits per heavy atom. The minimum absolute atomic E-state index is 0.0667. The Morgan fingerprint density at radius 3 is 2.68 bits per heavy atom. The monoisotopic (exact) mass is 309 g/mol. The first-order chi connectivity index (χ1) is 10.5. The quantitative estimate of drug-likeness (QED) is 0.818. The van der Waals surface area contributed by atoms with E-state index in [1.807, 2.05) is 0 Å². The van der Waals surface area contributed by atoms with Gasteiger partial charge in [-0.2, -0.15) is 0 Å². The number of likely N-dealkylation sites (tertiary alicyclic amines) is 1. The number of carboxylic acid groups (broad SMARTS) is 1. The Hall–Kier alpha value is -1.95. The molecule has 0 bridgehead atoms. The van der Waals surface area contributed by atoms with Crippen LogP contribution in [-0.4, -0.2) is 42.1 Å². The zero-order valence-electron chi connectivity index (χ0n) is 12.5. The average Bonchev–Trinajstić information content (AvgIpc) is 2.49. The van der Waals surface area contributed by atoms with Gasteiger partial charge in [0.2, 0.25) is 5.91 Å². The third kappa shape index (κ3) is 3.62. The van der Waals surface area contributed by atoms with Gasteiger partial charge in [-0.05, 0) is 30.5 Å². The summed E-state index contributed by atoms with van der Waals surface area (Å²) in [6.07, 6.45) is 1.16. The third-order valence-electron chi connectivity index (χ3n) is 3.98. The summed E-state index contributed by atoms with van der Waals surface area (Å²) in [5.74, 6) is -2.06. The molecule has 1 aliphatic heterocycles. The van der Waals surface area contributed by atoms with Crippen LogP contribution in [0.3, 0.4) is 0 Å². The molecule has 1 saturated heterocycles. The largest absolute Gasteiger partial charge is 0.481 e. The molecular formula is C16H20FNO4. The van der Waals surface area contributed by atoms with Crippen molar-refractivity contribution in [1.29, 1.82) is 0 Å². The van der Waals surface area contributed by atoms with Crippen molar-refractivity contribution in [3.05, 3.63) is 35.6 Å². The van der Waals surface area contributed by atoms with Crippen molar-refractivity contribution in [2.75, 3.05) is 20.3 Å². The van der Waals surface area contributed by atoms with Crippen molar-refractivity contribution in [1.82, 2.24) is 4.90 Å². The lowest BCUT2D eigenvalue weighted by Gasteiger charge is -2.40. The number of amides is 1. The Kier molecular flexibility index (Phi) is 5.49. The van der Waals surface area contributed by atoms with Gasteiger partial charge in [0.25, 0.3) is 0 Å². The summed E-state index contributed by atoms with van der Waals surface area (Å²) < 4.78 is 18.1. The lowest BCUT2D eigenvalue weighted by atomic mass is 9.84. The predicted octanol–water partition coefficient (Wildman–Crippen LogP) is 2.23. The van der Waals surface area contributed by atoms with E-state index in [9.17, 15) is 19.1 Å². The number of methoxy groups -OCH3 is 1. The molecule has 1 aliphatic rings. The van der Waals surface area contributed by atoms with Crippen LogP contribution < -0.4 is 0 Å². The van der Waals surface area contributed by atoms with Crippen LogP contribution >= 0.6 is 0 Å². The molecule has 1 aromatic carbocycles. The van der Waals surface area contributed by atoms with E-state index < -0.39 is 17.9 Å². The summed E-state index contributed by atoms with van der Waals surface area (Å²) in [6, 6.07) is 5.13. The molecule has 0 aliphatic carbocycles. The highest BCUT2D eigenvalue weighted by Gasteiger charge is 2.40. The molecule has 2 atom stereocenters. The molecule has 1 heterocycles. The zero-order chi connectivity index (χ0) is 16.1. The van der Waals surface area contributed by atoms with E-state index in [2.05, 4.69) is 0 Å². The first-order valence-corrected chi connectivity index (χ1v) is 7.31. The Bertz CT molecular complexity index is 531. The van der Waals surface area contributed by atoms with E-state index in [1.54, 1.807) is 24.1 Å². The molecule has 1 aromatic rings. The van der Waals surface area contributed by atoms with Crippen LogP contribution in [0.15, 0.2) is 24.3 Å². The molecule has 0 unspecified atom stereocenters. The Balaban J connectivity index is 2.30. The second-order valence-corrected chi connectivity index (χ2v) is 5.41. The van der Waals surface area contributed by atoms with Gasteiger partial charge in [0.15, 0.2) is 0 Å². The van der Waals surface area contributed by atoms with Crippen LogP contribution in [0.5, 0.6) is 0 Å². The van der Waals surface area contributed by atoms with Crippen LogP contribution in [0, 0.1) is 11.7 Å². The molecule has 5 nitrogen and oxygen atoms in total. The summed E-state index contributed by atoms with van der Waals surface area (Å²) in [5.41, 5.74) is 0.652. The van der Waals surface area contributed by atoms with Crippen LogP contribution in [0.25, 0.3) is 0 Å². The van der Waals surface area contributed by atoms with E-state index in [0.717, 1.165) is 0 Å². The molecule has 120 valence electrons. The van der Waals surface area contributed by atoms with Crippen molar-refractivity contribution in [3.63, 3.8) is 0 Å². The van der Waals surface area contributed by atoms with Crippen molar-refractivity contribution in [2.45, 2.75) is 25.3 Å². The molecule has 0 aromatic heterocycles. The molecule has 0 spiro atoms. The average molecular weight is 309 g/mol. The molecule has 1 fully saturated rings. The van der Waals surface area contributed by atoms with Gasteiger partial charge in [-0.1, -0.05) is 12.1 Å². The summed E-state index contributed by atoms with van der Waals surface area (Å²) >= 11 is 0. The lowest BCUT2D eigenvalue weighted by molar-refractivity contribution is -0.152. The maximum atomic E-state index is 13.1. The van der Waals surface area contributed by atoms with Gasteiger partial charge in [-0.15, -0.1) is 0 Å². The van der Waals surface area contributed by atoms with E-state index in [-0.39, 0.29) is 18.1 Å². The minimum Gasteiger partial charge on any atom is -0.481 e. The Labute approximate surface area is 128 Å². The second-order valence-electron chi connectivity index (χ2n) is 5.41. The van der Waals surface area contributed by atoms with Gasteiger partial charge in [0, 0.05) is 26.7 Å². The number of halogens is 1. The highest BCUT2D eigenvalue weighted by Crippen LogP contribution is 2.37. The summed E-state index contributed by atoms with van der Waals surface area (Å²) in [6.45, 7) is 0.927. The second kappa shape index (κ2) is 7.35. The minimum atomic E-state index is -0.932. The van der Waals surface area contributed by atoms with Gasteiger partial charge in [0.05, 0.1) is 12.0 Å². The molecule has 1 N–H and O–H groups in total. The fourth-order valence-electron chi connectivity index (χ4n) is 2.93. The molecule has 22 heavy (non-hydrogen) atoms. The number of carbonyl (C=O) groups is 2. The van der Waals surface area contributed by atoms with Gasteiger partial charge < -0.3 is 14.7 Å². The fourth-order valence-corrected chi connectivity index (χ4v) is 2.93. The number of hydrogen-bond donors (Lipinski definition) is 1. The van der Waals surface area contributed by atoms with Gasteiger partial charge in [-0.3, -0.25) is 9.59 Å². The number of hydrogen-bond acceptors (Lipinski definition) is 3. The summed E-state index contributed by atoms with van der Waals surface area (Å²) in [5, 5.41) is 9.46. The molecular weight excluding hydrogens is 289 g/mol. The maximum Gasteiger partial charge on any atom is 0.308 e. The highest BCUT2D eigenvalue weighted by molar-refractivity contribution is 5.81. The first kappa shape index (κ1) is 16.4. The Morgan fingerprint density at radius 1 is 1.41 bits per heavy atom. The van der Waals surface area contributed by atoms with Crippen LogP contribution in [0.1, 0.15) is 30.9 Å². The molecule has 6 heteroatoms. The fraction of sp³-hybridized carbons (Fsp3) is 0.500. The van der Waals surface area contributed by atoms with E-state index in [4.69, 9.17) is 4.74 Å². The SMILES string of the molecule is COCCCN1C(=O)CC[C@H](C(=O)O)[C@@H]1c1ccc(F)cc1. The van der Waals surface area contributed by atoms with Crippen molar-refractivity contribution in [3.8, 4) is 0 Å². The van der Waals surface area contributed by atoms with Crippen LogP contribution in [0.4, 0.5) is 4.39 Å². The number of carbonyl (C=O) groups excluding carboxylic acids is 1. The van der Waals surface area contributed by atoms with Crippen LogP contribution in [-0.2, 0) is 14.3 Å². The van der Waals surface area contributed by atoms with Crippen molar-refractivity contribution < 1.29 is 23.8 Å². The van der Waals surface area contributed by atoms with E-state index in [0.29, 0.717) is 31.6 Å². The number of aliphatic carboxylic acids is 1. The molecule has 0 saturated carbocycles. The van der Waals surface area contributed by atoms with Crippen molar-refractivity contribution >= 4 is 11.9 Å². The topological polar surface area (TPSA) is 66.8 Å². The summed E-state index contributed by atoms with van der Waals surface area (Å²) in [7, 11) is 1.58. The van der Waals surface area contributed by atoms with E-state index in [1.165, 1.54) is 12.1 Å². The van der Waals surface area contributed by atoms with Gasteiger partial charge in [0.1, 0.15) is 5.82 Å². The highest BCUT2D eigenvalue weighted by atomic mass is 19.1. The predicted molar refractivity (Wildman–Crippen MR) is 77.7 cm³/mol. The number of nitrogens with zero attached hydrogens (tertiary/aromatic N) is 1. The number of rotatable bonds is 6. The van der Waals surface area contributed by atoms with Crippen LogP contribution in [0.2, 0.25) is 0 Å². The smallest absolute Gasteiger partial charge is 0.308 e. The molecule has 2 rings (SSSR count). The number of ether oxygens (including phenoxy) is 1. The zero-order valence-corrected chi connectivity index (χ0v) is 12.5. The number of piperidine rings is 1. The normalized spacial score (nSPS) is 21.9. The van der Waals surface area contributed by atoms with Crippen molar-refractivity contribution in [2.24, 2.45) is 5.92 Å². The number of carboxylic acids is 1. The first-order valence-electron chi connectivity index (χ1n) is 7.31. The standard InChI is InChI=1S/C16H20FNO4/c1-22-10-2-9-18-14(19)8-7-13(16(20)21)15(18)11-3-5-12(17)6-4-11/h3-6,13,15H,2,7-10H2,1H3,(H,20,21)/t13-,15-/m0/s1. The lowest BCUT2D eigenvalue weighted by Crippen LogP contribution is -2.45. The van der Waals surface area contributed by atoms with Gasteiger partial charge >= 0.3 is 5.97 Å². The third-order valence-corrected chi connectivity index (χ3v) is 3.98. The van der Waals surface area contributed by atoms with Gasteiger partial charge in [-0.25, -0.2) is 4.39 Å². The number of benzene rings is 1. The molecule has 0 radical (unpaired) electrons. The summed E-state index contributed by atoms with van der Waals surface area (Å²) in [4.78, 5) is 25.4. The molecule has 1 amide bonds. The van der Waals surface area contributed by atoms with E-state index >= 15 is 0 Å².